The first-order valence-electron chi connectivity index (χ1n) is 11.3. The number of H-pyrrole nitrogens is 1. The van der Waals surface area contributed by atoms with Gasteiger partial charge in [-0.05, 0) is 48.9 Å². The highest BCUT2D eigenvalue weighted by molar-refractivity contribution is 5.82. The fourth-order valence-corrected chi connectivity index (χ4v) is 4.31. The predicted octanol–water partition coefficient (Wildman–Crippen LogP) is 4.67. The van der Waals surface area contributed by atoms with Gasteiger partial charge < -0.3 is 25.7 Å². The number of anilines is 4. The number of hydrogen-bond donors (Lipinski definition) is 4. The summed E-state index contributed by atoms with van der Waals surface area (Å²) in [5.41, 5.74) is 0.785. The highest BCUT2D eigenvalue weighted by Gasteiger charge is 2.42. The third-order valence-corrected chi connectivity index (χ3v) is 6.10. The molecule has 1 unspecified atom stereocenters. The summed E-state index contributed by atoms with van der Waals surface area (Å²) in [5, 5.41) is 9.20. The smallest absolute Gasteiger partial charge is 0.272 e. The number of piperidine rings is 1. The number of nitrogens with zero attached hydrogens (tertiary/aromatic N) is 2. The maximum Gasteiger partial charge on any atom is 0.272 e. The number of hydrogen-bond acceptors (Lipinski definition) is 7. The average molecular weight is 496 g/mol. The summed E-state index contributed by atoms with van der Waals surface area (Å²) in [6, 6.07) is 12.5. The number of fused-ring (bicyclic) bond motifs is 1. The number of para-hydroxylation sites is 1. The summed E-state index contributed by atoms with van der Waals surface area (Å²) in [6.07, 6.45) is 1.81. The van der Waals surface area contributed by atoms with Crippen molar-refractivity contribution in [2.45, 2.75) is 18.3 Å². The molecule has 4 N–H and O–H groups in total. The summed E-state index contributed by atoms with van der Waals surface area (Å²) < 4.78 is 48.2. The van der Waals surface area contributed by atoms with Gasteiger partial charge in [0.25, 0.3) is 11.5 Å². The number of nitrogens with one attached hydrogen (secondary N) is 4. The van der Waals surface area contributed by atoms with Crippen LogP contribution in [0.4, 0.5) is 36.3 Å². The van der Waals surface area contributed by atoms with Crippen LogP contribution in [-0.4, -0.2) is 41.1 Å². The molecule has 0 radical (unpaired) electrons. The number of benzene rings is 2. The highest BCUT2D eigenvalue weighted by Crippen LogP contribution is 2.40. The standard InChI is InChI=1S/C25H23F3N6O2/c1-36-20-12-14(16-7-9-29-13-25(16,27)28)5-6-18(20)32-24-30-10-8-21(33-24)31-19-11-15-3-2-4-17(26)22(15)34-23(19)35/h2-6,8,10-12,16,29H,7,9,13H2,1H3,(H,34,35)(H2,30,31,32,33). The van der Waals surface area contributed by atoms with Gasteiger partial charge in [-0.1, -0.05) is 18.2 Å². The van der Waals surface area contributed by atoms with Gasteiger partial charge in [0.1, 0.15) is 23.1 Å². The molecule has 2 aromatic carbocycles. The minimum atomic E-state index is -2.85. The van der Waals surface area contributed by atoms with Crippen molar-refractivity contribution >= 4 is 34.0 Å². The molecule has 5 rings (SSSR count). The maximum absolute atomic E-state index is 14.4. The van der Waals surface area contributed by atoms with Gasteiger partial charge in [-0.25, -0.2) is 18.2 Å². The van der Waals surface area contributed by atoms with Crippen molar-refractivity contribution in [1.82, 2.24) is 20.3 Å². The van der Waals surface area contributed by atoms with Crippen LogP contribution in [0, 0.1) is 5.82 Å². The Hall–Kier alpha value is -4.12. The normalized spacial score (nSPS) is 17.1. The van der Waals surface area contributed by atoms with E-state index < -0.39 is 23.2 Å². The summed E-state index contributed by atoms with van der Waals surface area (Å²) >= 11 is 0. The third-order valence-electron chi connectivity index (χ3n) is 6.10. The van der Waals surface area contributed by atoms with Gasteiger partial charge in [0.15, 0.2) is 0 Å². The molecule has 36 heavy (non-hydrogen) atoms. The Morgan fingerprint density at radius 2 is 1.97 bits per heavy atom. The van der Waals surface area contributed by atoms with E-state index in [9.17, 15) is 18.0 Å². The lowest BCUT2D eigenvalue weighted by molar-refractivity contribution is -0.0420. The van der Waals surface area contributed by atoms with E-state index in [1.54, 1.807) is 36.4 Å². The van der Waals surface area contributed by atoms with Gasteiger partial charge in [-0.3, -0.25) is 4.79 Å². The quantitative estimate of drug-likeness (QED) is 0.308. The number of ether oxygens (including phenoxy) is 1. The fourth-order valence-electron chi connectivity index (χ4n) is 4.31. The Bertz CT molecular complexity index is 1480. The Kier molecular flexibility index (Phi) is 6.23. The number of aromatic amines is 1. The molecule has 1 aliphatic rings. The monoisotopic (exact) mass is 496 g/mol. The third kappa shape index (κ3) is 4.69. The second-order valence-corrected chi connectivity index (χ2v) is 8.47. The molecule has 0 saturated carbocycles. The molecule has 0 amide bonds. The second-order valence-electron chi connectivity index (χ2n) is 8.47. The Balaban J connectivity index is 1.38. The lowest BCUT2D eigenvalue weighted by Gasteiger charge is -2.32. The van der Waals surface area contributed by atoms with Gasteiger partial charge in [0, 0.05) is 11.6 Å². The lowest BCUT2D eigenvalue weighted by Crippen LogP contribution is -2.44. The molecule has 0 aliphatic carbocycles. The zero-order valence-corrected chi connectivity index (χ0v) is 19.2. The van der Waals surface area contributed by atoms with Crippen molar-refractivity contribution in [3.8, 4) is 5.75 Å². The van der Waals surface area contributed by atoms with Crippen LogP contribution in [0.3, 0.4) is 0 Å². The maximum atomic E-state index is 14.4. The van der Waals surface area contributed by atoms with E-state index in [4.69, 9.17) is 4.74 Å². The number of halogens is 3. The van der Waals surface area contributed by atoms with E-state index >= 15 is 0 Å². The van der Waals surface area contributed by atoms with Crippen LogP contribution in [0.2, 0.25) is 0 Å². The van der Waals surface area contributed by atoms with Crippen LogP contribution in [-0.2, 0) is 0 Å². The van der Waals surface area contributed by atoms with Crippen LogP contribution in [0.1, 0.15) is 17.9 Å². The molecule has 186 valence electrons. The van der Waals surface area contributed by atoms with E-state index in [0.29, 0.717) is 41.2 Å². The number of aromatic nitrogens is 3. The van der Waals surface area contributed by atoms with E-state index in [-0.39, 0.29) is 23.7 Å². The molecule has 11 heteroatoms. The van der Waals surface area contributed by atoms with Crippen LogP contribution in [0.5, 0.6) is 5.75 Å². The van der Waals surface area contributed by atoms with Gasteiger partial charge in [-0.15, -0.1) is 0 Å². The zero-order chi connectivity index (χ0) is 25.3. The van der Waals surface area contributed by atoms with Gasteiger partial charge in [0.05, 0.1) is 30.8 Å². The van der Waals surface area contributed by atoms with Gasteiger partial charge in [-0.2, -0.15) is 4.98 Å². The predicted molar refractivity (Wildman–Crippen MR) is 131 cm³/mol. The number of pyridine rings is 1. The molecule has 0 spiro atoms. The largest absolute Gasteiger partial charge is 0.495 e. The van der Waals surface area contributed by atoms with Crippen molar-refractivity contribution in [2.24, 2.45) is 0 Å². The first kappa shape index (κ1) is 23.6. The topological polar surface area (TPSA) is 104 Å². The molecule has 1 aliphatic heterocycles. The molecular weight excluding hydrogens is 473 g/mol. The molecule has 8 nitrogen and oxygen atoms in total. The van der Waals surface area contributed by atoms with E-state index in [1.165, 1.54) is 25.4 Å². The number of methoxy groups -OCH3 is 1. The van der Waals surface area contributed by atoms with Crippen molar-refractivity contribution in [3.05, 3.63) is 76.5 Å². The number of alkyl halides is 2. The summed E-state index contributed by atoms with van der Waals surface area (Å²) in [7, 11) is 1.46. The SMILES string of the molecule is COc1cc(C2CCNCC2(F)F)ccc1Nc1nccc(Nc2cc3cccc(F)c3[nH]c2=O)n1. The summed E-state index contributed by atoms with van der Waals surface area (Å²) in [6.45, 7) is 0.161. The summed E-state index contributed by atoms with van der Waals surface area (Å²) in [5.74, 6) is -3.39. The van der Waals surface area contributed by atoms with Crippen molar-refractivity contribution in [3.63, 3.8) is 0 Å². The van der Waals surface area contributed by atoms with Crippen LogP contribution in [0.25, 0.3) is 10.9 Å². The molecule has 0 bridgehead atoms. The molecule has 4 aromatic rings. The van der Waals surface area contributed by atoms with E-state index in [1.807, 2.05) is 0 Å². The molecule has 1 fully saturated rings. The van der Waals surface area contributed by atoms with Crippen molar-refractivity contribution < 1.29 is 17.9 Å². The summed E-state index contributed by atoms with van der Waals surface area (Å²) in [4.78, 5) is 23.5. The highest BCUT2D eigenvalue weighted by atomic mass is 19.3. The minimum Gasteiger partial charge on any atom is -0.495 e. The van der Waals surface area contributed by atoms with E-state index in [2.05, 4.69) is 30.9 Å². The van der Waals surface area contributed by atoms with Crippen molar-refractivity contribution in [1.29, 1.82) is 0 Å². The van der Waals surface area contributed by atoms with Gasteiger partial charge >= 0.3 is 0 Å². The molecule has 2 aromatic heterocycles. The van der Waals surface area contributed by atoms with Crippen molar-refractivity contribution in [2.75, 3.05) is 30.8 Å². The molecule has 1 atom stereocenters. The Morgan fingerprint density at radius 1 is 1.11 bits per heavy atom. The lowest BCUT2D eigenvalue weighted by atomic mass is 9.87. The van der Waals surface area contributed by atoms with E-state index in [0.717, 1.165) is 0 Å². The minimum absolute atomic E-state index is 0.121. The second kappa shape index (κ2) is 9.50. The molecule has 1 saturated heterocycles. The Morgan fingerprint density at radius 3 is 2.78 bits per heavy atom. The molecular formula is C25H23F3N6O2. The molecule has 3 heterocycles. The van der Waals surface area contributed by atoms with Crippen LogP contribution < -0.4 is 26.2 Å². The van der Waals surface area contributed by atoms with Crippen LogP contribution in [0.15, 0.2) is 59.5 Å². The first-order chi connectivity index (χ1) is 17.3. The fraction of sp³-hybridized carbons (Fsp3) is 0.240. The van der Waals surface area contributed by atoms with Crippen LogP contribution >= 0.6 is 0 Å². The first-order valence-corrected chi connectivity index (χ1v) is 11.3. The van der Waals surface area contributed by atoms with Gasteiger partial charge in [0.2, 0.25) is 5.95 Å². The zero-order valence-electron chi connectivity index (χ0n) is 19.2. The Labute approximate surface area is 203 Å². The number of rotatable bonds is 6. The average Bonchev–Trinajstić information content (AvgIpc) is 2.85.